The van der Waals surface area contributed by atoms with Crippen molar-refractivity contribution in [2.24, 2.45) is 0 Å². The molecule has 0 aromatic carbocycles. The second kappa shape index (κ2) is 5.77. The maximum atomic E-state index is 12.4. The van der Waals surface area contributed by atoms with Crippen LogP contribution in [0.4, 0.5) is 11.5 Å². The van der Waals surface area contributed by atoms with Crippen LogP contribution in [-0.4, -0.2) is 42.0 Å². The van der Waals surface area contributed by atoms with Crippen LogP contribution in [0.2, 0.25) is 0 Å². The zero-order valence-corrected chi connectivity index (χ0v) is 12.9. The molecule has 1 saturated heterocycles. The van der Waals surface area contributed by atoms with Gasteiger partial charge in [-0.25, -0.2) is 4.98 Å². The minimum atomic E-state index is -0.0238. The Bertz CT molecular complexity index is 650. The van der Waals surface area contributed by atoms with Gasteiger partial charge in [0.05, 0.1) is 17.5 Å². The highest BCUT2D eigenvalue weighted by atomic mass is 79.9. The zero-order valence-electron chi connectivity index (χ0n) is 11.3. The van der Waals surface area contributed by atoms with Gasteiger partial charge in [-0.05, 0) is 34.1 Å². The van der Waals surface area contributed by atoms with Gasteiger partial charge in [-0.2, -0.15) is 0 Å². The summed E-state index contributed by atoms with van der Waals surface area (Å²) in [6.07, 6.45) is 3.23. The number of anilines is 2. The lowest BCUT2D eigenvalue weighted by atomic mass is 10.2. The number of nitrogens with two attached hydrogens (primary N) is 1. The predicted octanol–water partition coefficient (Wildman–Crippen LogP) is 1.98. The minimum absolute atomic E-state index is 0.0238. The van der Waals surface area contributed by atoms with Gasteiger partial charge in [0.25, 0.3) is 5.91 Å². The first-order valence-corrected chi connectivity index (χ1v) is 7.44. The standard InChI is InChI=1S/C14H15BrN4O2/c15-12-10(3-9-21-12)14(20)19-7-5-18(6-8-19)13-11(16)2-1-4-17-13/h1-4,9H,5-8,16H2. The maximum absolute atomic E-state index is 12.4. The Kier molecular flexibility index (Phi) is 3.83. The Balaban J connectivity index is 1.67. The monoisotopic (exact) mass is 350 g/mol. The predicted molar refractivity (Wildman–Crippen MR) is 83.2 cm³/mol. The van der Waals surface area contributed by atoms with E-state index in [9.17, 15) is 4.79 Å². The Labute approximate surface area is 130 Å². The highest BCUT2D eigenvalue weighted by molar-refractivity contribution is 9.10. The molecule has 21 heavy (non-hydrogen) atoms. The lowest BCUT2D eigenvalue weighted by Crippen LogP contribution is -2.49. The molecule has 1 amide bonds. The number of hydrogen-bond donors (Lipinski definition) is 1. The average molecular weight is 351 g/mol. The van der Waals surface area contributed by atoms with E-state index in [-0.39, 0.29) is 5.91 Å². The topological polar surface area (TPSA) is 75.6 Å². The van der Waals surface area contributed by atoms with E-state index in [1.54, 1.807) is 12.3 Å². The van der Waals surface area contributed by atoms with E-state index in [4.69, 9.17) is 10.2 Å². The number of rotatable bonds is 2. The van der Waals surface area contributed by atoms with Crippen LogP contribution in [0, 0.1) is 0 Å². The molecule has 2 aromatic heterocycles. The van der Waals surface area contributed by atoms with Gasteiger partial charge in [0.2, 0.25) is 0 Å². The number of amides is 1. The minimum Gasteiger partial charge on any atom is -0.457 e. The molecule has 2 aromatic rings. The van der Waals surface area contributed by atoms with Crippen LogP contribution in [0.15, 0.2) is 39.7 Å². The Morgan fingerprint density at radius 1 is 1.29 bits per heavy atom. The third-order valence-corrected chi connectivity index (χ3v) is 4.15. The molecule has 1 aliphatic heterocycles. The van der Waals surface area contributed by atoms with Crippen LogP contribution >= 0.6 is 15.9 Å². The summed E-state index contributed by atoms with van der Waals surface area (Å²) in [5.41, 5.74) is 7.16. The molecule has 1 aliphatic rings. The molecule has 6 nitrogen and oxygen atoms in total. The van der Waals surface area contributed by atoms with Crippen molar-refractivity contribution >= 4 is 33.3 Å². The summed E-state index contributed by atoms with van der Waals surface area (Å²) in [7, 11) is 0. The molecule has 0 aliphatic carbocycles. The first-order valence-electron chi connectivity index (χ1n) is 6.64. The summed E-state index contributed by atoms with van der Waals surface area (Å²) in [4.78, 5) is 20.6. The third-order valence-electron chi connectivity index (χ3n) is 3.53. The third kappa shape index (κ3) is 2.73. The molecule has 0 radical (unpaired) electrons. The number of halogens is 1. The van der Waals surface area contributed by atoms with Crippen LogP contribution in [-0.2, 0) is 0 Å². The number of carbonyl (C=O) groups is 1. The molecule has 0 bridgehead atoms. The summed E-state index contributed by atoms with van der Waals surface area (Å²) in [5.74, 6) is 0.762. The van der Waals surface area contributed by atoms with Crippen LogP contribution in [0.25, 0.3) is 0 Å². The van der Waals surface area contributed by atoms with Crippen LogP contribution < -0.4 is 10.6 Å². The smallest absolute Gasteiger partial charge is 0.258 e. The summed E-state index contributed by atoms with van der Waals surface area (Å²) in [6.45, 7) is 2.68. The highest BCUT2D eigenvalue weighted by Gasteiger charge is 2.25. The number of piperazine rings is 1. The average Bonchev–Trinajstić information content (AvgIpc) is 2.93. The van der Waals surface area contributed by atoms with E-state index >= 15 is 0 Å². The first-order chi connectivity index (χ1) is 10.2. The van der Waals surface area contributed by atoms with Gasteiger partial charge in [0.15, 0.2) is 10.5 Å². The quantitative estimate of drug-likeness (QED) is 0.896. The summed E-state index contributed by atoms with van der Waals surface area (Å²) in [6, 6.07) is 5.33. The fourth-order valence-corrected chi connectivity index (χ4v) is 2.82. The highest BCUT2D eigenvalue weighted by Crippen LogP contribution is 2.23. The number of aromatic nitrogens is 1. The van der Waals surface area contributed by atoms with Crippen molar-refractivity contribution in [3.8, 4) is 0 Å². The zero-order chi connectivity index (χ0) is 14.8. The second-order valence-electron chi connectivity index (χ2n) is 4.80. The molecule has 110 valence electrons. The van der Waals surface area contributed by atoms with E-state index in [2.05, 4.69) is 25.8 Å². The van der Waals surface area contributed by atoms with Gasteiger partial charge in [-0.3, -0.25) is 4.79 Å². The van der Waals surface area contributed by atoms with E-state index in [1.807, 2.05) is 17.0 Å². The summed E-state index contributed by atoms with van der Waals surface area (Å²) >= 11 is 3.24. The van der Waals surface area contributed by atoms with E-state index < -0.39 is 0 Å². The van der Waals surface area contributed by atoms with Gasteiger partial charge in [-0.1, -0.05) is 0 Å². The van der Waals surface area contributed by atoms with Crippen molar-refractivity contribution in [1.29, 1.82) is 0 Å². The van der Waals surface area contributed by atoms with Crippen LogP contribution in [0.3, 0.4) is 0 Å². The first kappa shape index (κ1) is 13.9. The number of pyridine rings is 1. The molecule has 1 fully saturated rings. The summed E-state index contributed by atoms with van der Waals surface area (Å²) < 4.78 is 5.59. The van der Waals surface area contributed by atoms with Crippen molar-refractivity contribution in [3.63, 3.8) is 0 Å². The van der Waals surface area contributed by atoms with Gasteiger partial charge in [0, 0.05) is 32.4 Å². The van der Waals surface area contributed by atoms with Crippen molar-refractivity contribution in [1.82, 2.24) is 9.88 Å². The van der Waals surface area contributed by atoms with E-state index in [0.717, 1.165) is 5.82 Å². The van der Waals surface area contributed by atoms with Gasteiger partial charge >= 0.3 is 0 Å². The lowest BCUT2D eigenvalue weighted by molar-refractivity contribution is 0.0744. The summed E-state index contributed by atoms with van der Waals surface area (Å²) in [5, 5.41) is 0. The second-order valence-corrected chi connectivity index (χ2v) is 5.52. The van der Waals surface area contributed by atoms with E-state index in [1.165, 1.54) is 6.26 Å². The van der Waals surface area contributed by atoms with E-state index in [0.29, 0.717) is 42.1 Å². The number of furan rings is 1. The maximum Gasteiger partial charge on any atom is 0.258 e. The number of hydrogen-bond acceptors (Lipinski definition) is 5. The molecule has 0 atom stereocenters. The van der Waals surface area contributed by atoms with Crippen LogP contribution in [0.1, 0.15) is 10.4 Å². The SMILES string of the molecule is Nc1cccnc1N1CCN(C(=O)c2ccoc2Br)CC1. The normalized spacial score (nSPS) is 15.3. The molecular formula is C14H15BrN4O2. The number of nitrogen functional groups attached to an aromatic ring is 1. The Morgan fingerprint density at radius 3 is 2.67 bits per heavy atom. The van der Waals surface area contributed by atoms with Crippen molar-refractivity contribution in [2.45, 2.75) is 0 Å². The van der Waals surface area contributed by atoms with Crippen molar-refractivity contribution < 1.29 is 9.21 Å². The van der Waals surface area contributed by atoms with Crippen LogP contribution in [0.5, 0.6) is 0 Å². The molecule has 0 unspecified atom stereocenters. The fourth-order valence-electron chi connectivity index (χ4n) is 2.41. The van der Waals surface area contributed by atoms with Crippen molar-refractivity contribution in [2.75, 3.05) is 36.8 Å². The molecule has 7 heteroatoms. The molecule has 0 spiro atoms. The molecule has 0 saturated carbocycles. The molecule has 3 rings (SSSR count). The lowest BCUT2D eigenvalue weighted by Gasteiger charge is -2.35. The number of carbonyl (C=O) groups excluding carboxylic acids is 1. The molecular weight excluding hydrogens is 336 g/mol. The largest absolute Gasteiger partial charge is 0.457 e. The van der Waals surface area contributed by atoms with Gasteiger partial charge in [-0.15, -0.1) is 0 Å². The molecule has 3 heterocycles. The number of nitrogens with zero attached hydrogens (tertiary/aromatic N) is 3. The Hall–Kier alpha value is -2.02. The fraction of sp³-hybridized carbons (Fsp3) is 0.286. The van der Waals surface area contributed by atoms with Gasteiger partial charge < -0.3 is 20.0 Å². The Morgan fingerprint density at radius 2 is 2.05 bits per heavy atom. The molecule has 2 N–H and O–H groups in total. The van der Waals surface area contributed by atoms with Crippen molar-refractivity contribution in [3.05, 3.63) is 40.9 Å². The van der Waals surface area contributed by atoms with Gasteiger partial charge in [0.1, 0.15) is 0 Å².